The molecule has 1 saturated heterocycles. The topological polar surface area (TPSA) is 92.8 Å². The predicted octanol–water partition coefficient (Wildman–Crippen LogP) is 3.60. The number of rotatable bonds is 6. The summed E-state index contributed by atoms with van der Waals surface area (Å²) in [7, 11) is 0. The molecule has 1 heterocycles. The highest BCUT2D eigenvalue weighted by Crippen LogP contribution is 2.60. The van der Waals surface area contributed by atoms with Crippen LogP contribution in [0.15, 0.2) is 24.3 Å². The third-order valence-electron chi connectivity index (χ3n) is 6.72. The molecule has 0 spiro atoms. The van der Waals surface area contributed by atoms with Crippen molar-refractivity contribution in [2.45, 2.75) is 42.9 Å². The van der Waals surface area contributed by atoms with Gasteiger partial charge in [0.1, 0.15) is 6.04 Å². The van der Waals surface area contributed by atoms with E-state index in [1.807, 2.05) is 13.8 Å². The summed E-state index contributed by atoms with van der Waals surface area (Å²) in [5.41, 5.74) is 0.862. The van der Waals surface area contributed by atoms with E-state index >= 15 is 0 Å². The van der Waals surface area contributed by atoms with Crippen molar-refractivity contribution in [3.63, 3.8) is 0 Å². The lowest BCUT2D eigenvalue weighted by Gasteiger charge is -2.28. The van der Waals surface area contributed by atoms with Gasteiger partial charge in [0, 0.05) is 15.3 Å². The van der Waals surface area contributed by atoms with Crippen molar-refractivity contribution < 1.29 is 23.9 Å². The van der Waals surface area contributed by atoms with E-state index in [0.29, 0.717) is 17.9 Å². The number of likely N-dealkylation sites (tertiary alicyclic amines) is 1. The van der Waals surface area contributed by atoms with Crippen LogP contribution in [0.25, 0.3) is 0 Å². The molecule has 1 aliphatic heterocycles. The number of halogens is 2. The normalized spacial score (nSPS) is 31.8. The highest BCUT2D eigenvalue weighted by atomic mass is 79.9. The number of carbonyl (C=O) groups is 4. The molecule has 4 rings (SSSR count). The summed E-state index contributed by atoms with van der Waals surface area (Å²) in [5.74, 6) is -1.61. The first-order valence-electron chi connectivity index (χ1n) is 10.8. The van der Waals surface area contributed by atoms with Crippen LogP contribution in [-0.2, 0) is 19.1 Å². The van der Waals surface area contributed by atoms with Crippen molar-refractivity contribution in [2.75, 3.05) is 11.9 Å². The van der Waals surface area contributed by atoms with E-state index in [1.165, 1.54) is 0 Å². The summed E-state index contributed by atoms with van der Waals surface area (Å²) in [6, 6.07) is 5.43. The molecule has 0 radical (unpaired) electrons. The van der Waals surface area contributed by atoms with Crippen LogP contribution in [0.2, 0.25) is 0 Å². The number of nitrogens with zero attached hydrogens (tertiary/aromatic N) is 1. The number of nitrogens with one attached hydrogen (secondary N) is 1. The van der Waals surface area contributed by atoms with Gasteiger partial charge in [-0.1, -0.05) is 45.7 Å². The standard InChI is InChI=1S/C23H26Br2N2O5/c1-10(2)9-32-23(31)12-4-6-13(7-5-12)26-20(28)11(3)27-21(29)16-14-8-15(17(16)22(27)30)19(25)18(14)24/h4-7,10-11,14-19H,8-9H2,1-3H3,(H,26,28). The van der Waals surface area contributed by atoms with Crippen molar-refractivity contribution in [1.29, 1.82) is 0 Å². The zero-order valence-corrected chi connectivity index (χ0v) is 21.3. The van der Waals surface area contributed by atoms with E-state index < -0.39 is 17.9 Å². The average Bonchev–Trinajstić information content (AvgIpc) is 3.36. The van der Waals surface area contributed by atoms with Crippen LogP contribution in [0.5, 0.6) is 0 Å². The largest absolute Gasteiger partial charge is 0.462 e. The summed E-state index contributed by atoms with van der Waals surface area (Å²) in [5, 5.41) is 2.74. The number of carbonyl (C=O) groups excluding carboxylic acids is 4. The van der Waals surface area contributed by atoms with Crippen LogP contribution in [0.3, 0.4) is 0 Å². The van der Waals surface area contributed by atoms with Crippen LogP contribution in [0, 0.1) is 29.6 Å². The first-order chi connectivity index (χ1) is 15.1. The van der Waals surface area contributed by atoms with E-state index in [2.05, 4.69) is 37.2 Å². The molecule has 3 fully saturated rings. The van der Waals surface area contributed by atoms with Crippen molar-refractivity contribution >= 4 is 61.2 Å². The third-order valence-corrected chi connectivity index (χ3v) is 9.93. The van der Waals surface area contributed by atoms with E-state index in [9.17, 15) is 19.2 Å². The molecular formula is C23H26Br2N2O5. The van der Waals surface area contributed by atoms with Gasteiger partial charge in [-0.2, -0.15) is 0 Å². The van der Waals surface area contributed by atoms with Crippen molar-refractivity contribution in [3.05, 3.63) is 29.8 Å². The Balaban J connectivity index is 1.41. The first kappa shape index (κ1) is 23.4. The van der Waals surface area contributed by atoms with Gasteiger partial charge in [-0.15, -0.1) is 0 Å². The van der Waals surface area contributed by atoms with Gasteiger partial charge in [-0.05, 0) is 55.4 Å². The van der Waals surface area contributed by atoms with Crippen molar-refractivity contribution in [3.8, 4) is 0 Å². The number of amides is 3. The van der Waals surface area contributed by atoms with E-state index in [-0.39, 0.29) is 51.1 Å². The number of alkyl halides is 2. The Morgan fingerprint density at radius 3 is 2.06 bits per heavy atom. The zero-order chi connectivity index (χ0) is 23.3. The van der Waals surface area contributed by atoms with Crippen LogP contribution in [0.1, 0.15) is 37.6 Å². The van der Waals surface area contributed by atoms with Crippen LogP contribution in [0.4, 0.5) is 5.69 Å². The maximum absolute atomic E-state index is 13.1. The quantitative estimate of drug-likeness (QED) is 0.321. The van der Waals surface area contributed by atoms with Gasteiger partial charge in [0.25, 0.3) is 0 Å². The minimum absolute atomic E-state index is 0.106. The third kappa shape index (κ3) is 3.91. The highest BCUT2D eigenvalue weighted by Gasteiger charge is 2.67. The molecule has 32 heavy (non-hydrogen) atoms. The molecule has 2 saturated carbocycles. The van der Waals surface area contributed by atoms with E-state index in [1.54, 1.807) is 31.2 Å². The molecule has 2 bridgehead atoms. The fourth-order valence-electron chi connectivity index (χ4n) is 5.13. The molecule has 7 unspecified atom stereocenters. The van der Waals surface area contributed by atoms with Gasteiger partial charge in [-0.3, -0.25) is 19.3 Å². The number of ether oxygens (including phenoxy) is 1. The second-order valence-corrected chi connectivity index (χ2v) is 11.4. The van der Waals surface area contributed by atoms with Gasteiger partial charge in [0.2, 0.25) is 17.7 Å². The molecular weight excluding hydrogens is 544 g/mol. The number of esters is 1. The van der Waals surface area contributed by atoms with Gasteiger partial charge in [-0.25, -0.2) is 4.79 Å². The minimum Gasteiger partial charge on any atom is -0.462 e. The molecule has 7 nitrogen and oxygen atoms in total. The molecule has 1 aromatic carbocycles. The smallest absolute Gasteiger partial charge is 0.338 e. The van der Waals surface area contributed by atoms with Gasteiger partial charge < -0.3 is 10.1 Å². The second kappa shape index (κ2) is 8.89. The number of hydrogen-bond donors (Lipinski definition) is 1. The van der Waals surface area contributed by atoms with Crippen molar-refractivity contribution in [2.24, 2.45) is 29.6 Å². The Labute approximate surface area is 203 Å². The fourth-order valence-corrected chi connectivity index (χ4v) is 7.01. The number of anilines is 1. The Bertz CT molecular complexity index is 918. The maximum Gasteiger partial charge on any atom is 0.338 e. The van der Waals surface area contributed by atoms with E-state index in [4.69, 9.17) is 4.74 Å². The lowest BCUT2D eigenvalue weighted by Crippen LogP contribution is -2.46. The Morgan fingerprint density at radius 1 is 1.03 bits per heavy atom. The fraction of sp³-hybridized carbons (Fsp3) is 0.565. The SMILES string of the molecule is CC(C)COC(=O)c1ccc(NC(=O)C(C)N2C(=O)C3C4CC(C(Br)C4Br)C3C2=O)cc1. The van der Waals surface area contributed by atoms with Crippen LogP contribution >= 0.6 is 31.9 Å². The average molecular weight is 570 g/mol. The summed E-state index contributed by atoms with van der Waals surface area (Å²) in [4.78, 5) is 52.5. The molecule has 7 atom stereocenters. The molecule has 9 heteroatoms. The van der Waals surface area contributed by atoms with E-state index in [0.717, 1.165) is 11.3 Å². The lowest BCUT2D eigenvalue weighted by atomic mass is 9.81. The maximum atomic E-state index is 13.1. The van der Waals surface area contributed by atoms with Gasteiger partial charge >= 0.3 is 5.97 Å². The molecule has 2 aliphatic carbocycles. The molecule has 1 aromatic rings. The molecule has 1 N–H and O–H groups in total. The Morgan fingerprint density at radius 2 is 1.56 bits per heavy atom. The number of benzene rings is 1. The van der Waals surface area contributed by atoms with Crippen LogP contribution < -0.4 is 5.32 Å². The minimum atomic E-state index is -0.918. The Hall–Kier alpha value is -1.74. The number of hydrogen-bond acceptors (Lipinski definition) is 5. The lowest BCUT2D eigenvalue weighted by molar-refractivity contribution is -0.146. The highest BCUT2D eigenvalue weighted by molar-refractivity contribution is 9.12. The number of imide groups is 1. The van der Waals surface area contributed by atoms with Crippen molar-refractivity contribution in [1.82, 2.24) is 4.90 Å². The van der Waals surface area contributed by atoms with Crippen LogP contribution in [-0.4, -0.2) is 50.9 Å². The first-order valence-corrected chi connectivity index (χ1v) is 12.7. The predicted molar refractivity (Wildman–Crippen MR) is 126 cm³/mol. The molecule has 3 amide bonds. The summed E-state index contributed by atoms with van der Waals surface area (Å²) in [6.07, 6.45) is 0.846. The Kier molecular flexibility index (Phi) is 6.51. The molecule has 3 aliphatic rings. The van der Waals surface area contributed by atoms with Gasteiger partial charge in [0.15, 0.2) is 0 Å². The number of fused-ring (bicyclic) bond motifs is 5. The molecule has 172 valence electrons. The summed E-state index contributed by atoms with van der Waals surface area (Å²) < 4.78 is 5.20. The zero-order valence-electron chi connectivity index (χ0n) is 18.1. The molecule has 0 aromatic heterocycles. The second-order valence-electron chi connectivity index (χ2n) is 9.29. The monoisotopic (exact) mass is 568 g/mol. The summed E-state index contributed by atoms with van der Waals surface area (Å²) >= 11 is 7.33. The van der Waals surface area contributed by atoms with Gasteiger partial charge in [0.05, 0.1) is 24.0 Å². The summed E-state index contributed by atoms with van der Waals surface area (Å²) in [6.45, 7) is 5.82.